The molecule has 1 atom stereocenters. The summed E-state index contributed by atoms with van der Waals surface area (Å²) in [6, 6.07) is 0. The van der Waals surface area contributed by atoms with Crippen LogP contribution in [0, 0.1) is 11.8 Å². The van der Waals surface area contributed by atoms with E-state index in [1.54, 1.807) is 0 Å². The van der Waals surface area contributed by atoms with Crippen LogP contribution >= 0.6 is 0 Å². The predicted molar refractivity (Wildman–Crippen MR) is 57.2 cm³/mol. The lowest BCUT2D eigenvalue weighted by atomic mass is 9.91. The zero-order valence-corrected chi connectivity index (χ0v) is 8.93. The Bertz CT molecular complexity index is 147. The summed E-state index contributed by atoms with van der Waals surface area (Å²) in [5.74, 6) is 1.41. The average Bonchev–Trinajstić information content (AvgIpc) is 1.96. The van der Waals surface area contributed by atoms with Crippen LogP contribution in [0.1, 0.15) is 40.5 Å². The fourth-order valence-electron chi connectivity index (χ4n) is 1.29. The van der Waals surface area contributed by atoms with Crippen LogP contribution in [-0.2, 0) is 0 Å². The summed E-state index contributed by atoms with van der Waals surface area (Å²) >= 11 is 0. The minimum absolute atomic E-state index is 0.681. The number of rotatable bonds is 5. The molecule has 0 aromatic carbocycles. The van der Waals surface area contributed by atoms with Crippen molar-refractivity contribution in [3.8, 4) is 0 Å². The Morgan fingerprint density at radius 3 is 2.25 bits per heavy atom. The Hall–Kier alpha value is -0.520. The first-order valence-corrected chi connectivity index (χ1v) is 4.83. The molecule has 0 heteroatoms. The highest BCUT2D eigenvalue weighted by Gasteiger charge is 2.06. The molecule has 12 heavy (non-hydrogen) atoms. The van der Waals surface area contributed by atoms with Crippen molar-refractivity contribution in [2.24, 2.45) is 11.8 Å². The molecule has 0 fully saturated rings. The van der Waals surface area contributed by atoms with Gasteiger partial charge in [0.1, 0.15) is 0 Å². The van der Waals surface area contributed by atoms with E-state index in [0.29, 0.717) is 5.92 Å². The van der Waals surface area contributed by atoms with Gasteiger partial charge in [0.05, 0.1) is 0 Å². The second-order valence-corrected chi connectivity index (χ2v) is 4.00. The Kier molecular flexibility index (Phi) is 5.79. The van der Waals surface area contributed by atoms with Crippen LogP contribution in [0.2, 0.25) is 0 Å². The smallest absolute Gasteiger partial charge is 0.0210 e. The molecule has 0 aliphatic rings. The molecular weight excluding hydrogens is 144 g/mol. The monoisotopic (exact) mass is 166 g/mol. The minimum Gasteiger partial charge on any atom is -0.103 e. The van der Waals surface area contributed by atoms with Gasteiger partial charge in [-0.25, -0.2) is 0 Å². The van der Waals surface area contributed by atoms with Gasteiger partial charge in [0, 0.05) is 0 Å². The second kappa shape index (κ2) is 6.05. The van der Waals surface area contributed by atoms with Gasteiger partial charge >= 0.3 is 0 Å². The summed E-state index contributed by atoms with van der Waals surface area (Å²) in [7, 11) is 0. The summed E-state index contributed by atoms with van der Waals surface area (Å²) in [6.07, 6.45) is 6.83. The predicted octanol–water partition coefficient (Wildman–Crippen LogP) is 4.19. The second-order valence-electron chi connectivity index (χ2n) is 4.00. The molecule has 0 rings (SSSR count). The molecular formula is C12H22. The van der Waals surface area contributed by atoms with Gasteiger partial charge in [0.15, 0.2) is 0 Å². The molecule has 0 amide bonds. The van der Waals surface area contributed by atoms with Gasteiger partial charge in [-0.2, -0.15) is 0 Å². The normalized spacial score (nSPS) is 12.8. The fourth-order valence-corrected chi connectivity index (χ4v) is 1.29. The van der Waals surface area contributed by atoms with Crippen molar-refractivity contribution in [1.82, 2.24) is 0 Å². The Labute approximate surface area is 77.4 Å². The summed E-state index contributed by atoms with van der Waals surface area (Å²) in [6.45, 7) is 12.7. The maximum atomic E-state index is 3.86. The summed E-state index contributed by atoms with van der Waals surface area (Å²) in [5.41, 5.74) is 1.42. The van der Waals surface area contributed by atoms with Crippen molar-refractivity contribution in [3.05, 3.63) is 24.3 Å². The van der Waals surface area contributed by atoms with E-state index in [0.717, 1.165) is 5.92 Å². The van der Waals surface area contributed by atoms with E-state index < -0.39 is 0 Å². The first kappa shape index (κ1) is 11.5. The number of hydrogen-bond donors (Lipinski definition) is 0. The molecule has 0 spiro atoms. The molecule has 0 aromatic heterocycles. The van der Waals surface area contributed by atoms with Crippen molar-refractivity contribution >= 4 is 0 Å². The zero-order chi connectivity index (χ0) is 9.56. The molecule has 0 aliphatic carbocycles. The highest BCUT2D eigenvalue weighted by Crippen LogP contribution is 2.18. The molecule has 0 aliphatic heterocycles. The van der Waals surface area contributed by atoms with E-state index in [1.165, 1.54) is 18.4 Å². The van der Waals surface area contributed by atoms with Crippen molar-refractivity contribution in [3.63, 3.8) is 0 Å². The Morgan fingerprint density at radius 2 is 1.92 bits per heavy atom. The lowest BCUT2D eigenvalue weighted by Crippen LogP contribution is -2.04. The lowest BCUT2D eigenvalue weighted by Gasteiger charge is -2.14. The molecule has 0 radical (unpaired) electrons. The van der Waals surface area contributed by atoms with Gasteiger partial charge in [0.25, 0.3) is 0 Å². The third kappa shape index (κ3) is 5.17. The van der Waals surface area contributed by atoms with E-state index in [1.807, 2.05) is 0 Å². The molecule has 0 N–H and O–H groups in total. The topological polar surface area (TPSA) is 0 Å². The zero-order valence-electron chi connectivity index (χ0n) is 8.93. The fraction of sp³-hybridized carbons (Fsp3) is 0.667. The van der Waals surface area contributed by atoms with Crippen molar-refractivity contribution in [2.75, 3.05) is 0 Å². The maximum Gasteiger partial charge on any atom is -0.0210 e. The standard InChI is InChI=1S/C12H22/c1-6-12(11(4)5)9-7-8-10(2)3/h6,8,11-12H,1,7,9H2,2-5H3. The molecule has 0 saturated carbocycles. The van der Waals surface area contributed by atoms with Crippen LogP contribution in [-0.4, -0.2) is 0 Å². The van der Waals surface area contributed by atoms with Crippen molar-refractivity contribution in [1.29, 1.82) is 0 Å². The first-order valence-electron chi connectivity index (χ1n) is 4.83. The van der Waals surface area contributed by atoms with Gasteiger partial charge in [-0.3, -0.25) is 0 Å². The van der Waals surface area contributed by atoms with E-state index in [2.05, 4.69) is 46.4 Å². The van der Waals surface area contributed by atoms with Gasteiger partial charge < -0.3 is 0 Å². The van der Waals surface area contributed by atoms with Gasteiger partial charge in [0.2, 0.25) is 0 Å². The molecule has 0 heterocycles. The minimum atomic E-state index is 0.681. The average molecular weight is 166 g/mol. The lowest BCUT2D eigenvalue weighted by molar-refractivity contribution is 0.440. The van der Waals surface area contributed by atoms with Gasteiger partial charge in [-0.1, -0.05) is 31.6 Å². The molecule has 0 saturated heterocycles. The molecule has 0 aromatic rings. The maximum absolute atomic E-state index is 3.86. The molecule has 0 nitrogen and oxygen atoms in total. The van der Waals surface area contributed by atoms with Crippen LogP contribution in [0.25, 0.3) is 0 Å². The molecule has 70 valence electrons. The highest BCUT2D eigenvalue weighted by atomic mass is 14.1. The molecule has 0 bridgehead atoms. The van der Waals surface area contributed by atoms with Crippen molar-refractivity contribution in [2.45, 2.75) is 40.5 Å². The quantitative estimate of drug-likeness (QED) is 0.537. The SMILES string of the molecule is C=CC(CCC=C(C)C)C(C)C. The van der Waals surface area contributed by atoms with Gasteiger partial charge in [-0.15, -0.1) is 6.58 Å². The first-order chi connectivity index (χ1) is 5.57. The highest BCUT2D eigenvalue weighted by molar-refractivity contribution is 4.94. The van der Waals surface area contributed by atoms with Crippen molar-refractivity contribution < 1.29 is 0 Å². The van der Waals surface area contributed by atoms with Crippen LogP contribution in [0.15, 0.2) is 24.3 Å². The molecule has 1 unspecified atom stereocenters. The third-order valence-electron chi connectivity index (χ3n) is 2.21. The largest absolute Gasteiger partial charge is 0.103 e. The van der Waals surface area contributed by atoms with E-state index in [4.69, 9.17) is 0 Å². The third-order valence-corrected chi connectivity index (χ3v) is 2.21. The van der Waals surface area contributed by atoms with Crippen LogP contribution in [0.5, 0.6) is 0 Å². The van der Waals surface area contributed by atoms with E-state index in [-0.39, 0.29) is 0 Å². The summed E-state index contributed by atoms with van der Waals surface area (Å²) in [4.78, 5) is 0. The number of hydrogen-bond acceptors (Lipinski definition) is 0. The summed E-state index contributed by atoms with van der Waals surface area (Å²) < 4.78 is 0. The Balaban J connectivity index is 3.73. The van der Waals surface area contributed by atoms with Gasteiger partial charge in [-0.05, 0) is 38.5 Å². The van der Waals surface area contributed by atoms with E-state index >= 15 is 0 Å². The number of allylic oxidation sites excluding steroid dienone is 3. The summed E-state index contributed by atoms with van der Waals surface area (Å²) in [5, 5.41) is 0. The van der Waals surface area contributed by atoms with E-state index in [9.17, 15) is 0 Å². The van der Waals surface area contributed by atoms with Crippen LogP contribution in [0.4, 0.5) is 0 Å². The van der Waals surface area contributed by atoms with Crippen LogP contribution in [0.3, 0.4) is 0 Å². The van der Waals surface area contributed by atoms with Crippen LogP contribution < -0.4 is 0 Å². The Morgan fingerprint density at radius 1 is 1.33 bits per heavy atom.